The summed E-state index contributed by atoms with van der Waals surface area (Å²) in [5.41, 5.74) is 6.99. The Kier molecular flexibility index (Phi) is 3.94. The number of rotatable bonds is 3. The van der Waals surface area contributed by atoms with Crippen LogP contribution >= 0.6 is 23.2 Å². The first kappa shape index (κ1) is 13.0. The zero-order valence-electron chi connectivity index (χ0n) is 9.29. The Morgan fingerprint density at radius 2 is 1.94 bits per heavy atom. The molecule has 94 valence electrons. The second-order valence-corrected chi connectivity index (χ2v) is 4.53. The van der Waals surface area contributed by atoms with Gasteiger partial charge in [-0.1, -0.05) is 35.3 Å². The lowest BCUT2D eigenvalue weighted by molar-refractivity contribution is 0.291. The zero-order chi connectivity index (χ0) is 13.1. The van der Waals surface area contributed by atoms with Crippen molar-refractivity contribution in [3.63, 3.8) is 0 Å². The third-order valence-electron chi connectivity index (χ3n) is 2.40. The van der Waals surface area contributed by atoms with Crippen molar-refractivity contribution in [2.45, 2.75) is 6.61 Å². The molecule has 0 aromatic heterocycles. The standard InChI is InChI=1S/C13H10Cl2FNO/c14-9-5-4-8(12(17)6-9)7-18-13-10(15)2-1-3-11(13)16/h1-6H,7,17H2. The zero-order valence-corrected chi connectivity index (χ0v) is 10.8. The molecule has 0 radical (unpaired) electrons. The van der Waals surface area contributed by atoms with Crippen LogP contribution < -0.4 is 10.5 Å². The Bertz CT molecular complexity index is 555. The fourth-order valence-electron chi connectivity index (χ4n) is 1.47. The Balaban J connectivity index is 2.16. The topological polar surface area (TPSA) is 35.2 Å². The minimum absolute atomic E-state index is 0.0218. The smallest absolute Gasteiger partial charge is 0.174 e. The summed E-state index contributed by atoms with van der Waals surface area (Å²) in [4.78, 5) is 0. The first-order chi connectivity index (χ1) is 8.58. The molecule has 2 rings (SSSR count). The van der Waals surface area contributed by atoms with E-state index < -0.39 is 5.82 Å². The largest absolute Gasteiger partial charge is 0.484 e. The highest BCUT2D eigenvalue weighted by Gasteiger charge is 2.09. The Hall–Kier alpha value is -1.45. The highest BCUT2D eigenvalue weighted by atomic mass is 35.5. The molecule has 0 heterocycles. The number of nitrogen functional groups attached to an aromatic ring is 1. The van der Waals surface area contributed by atoms with Gasteiger partial charge in [-0.15, -0.1) is 0 Å². The third-order valence-corrected chi connectivity index (χ3v) is 2.93. The SMILES string of the molecule is Nc1cc(Cl)ccc1COc1c(F)cccc1Cl. The molecular weight excluding hydrogens is 276 g/mol. The van der Waals surface area contributed by atoms with E-state index in [1.807, 2.05) is 0 Å². The number of anilines is 1. The summed E-state index contributed by atoms with van der Waals surface area (Å²) < 4.78 is 18.8. The lowest BCUT2D eigenvalue weighted by Crippen LogP contribution is -2.01. The first-order valence-corrected chi connectivity index (χ1v) is 5.94. The minimum atomic E-state index is -0.505. The van der Waals surface area contributed by atoms with Crippen molar-refractivity contribution in [2.24, 2.45) is 0 Å². The van der Waals surface area contributed by atoms with Crippen molar-refractivity contribution in [2.75, 3.05) is 5.73 Å². The van der Waals surface area contributed by atoms with Crippen LogP contribution in [0.2, 0.25) is 10.0 Å². The molecule has 0 fully saturated rings. The summed E-state index contributed by atoms with van der Waals surface area (Å²) >= 11 is 11.6. The van der Waals surface area contributed by atoms with Crippen LogP contribution in [0.25, 0.3) is 0 Å². The van der Waals surface area contributed by atoms with Crippen LogP contribution in [-0.2, 0) is 6.61 Å². The van der Waals surface area contributed by atoms with E-state index in [-0.39, 0.29) is 17.4 Å². The molecule has 2 aromatic carbocycles. The van der Waals surface area contributed by atoms with Crippen molar-refractivity contribution in [1.82, 2.24) is 0 Å². The van der Waals surface area contributed by atoms with Crippen LogP contribution in [0.5, 0.6) is 5.75 Å². The molecule has 2 N–H and O–H groups in total. The van der Waals surface area contributed by atoms with Crippen molar-refractivity contribution in [3.8, 4) is 5.75 Å². The lowest BCUT2D eigenvalue weighted by Gasteiger charge is -2.10. The molecule has 18 heavy (non-hydrogen) atoms. The van der Waals surface area contributed by atoms with Gasteiger partial charge in [0, 0.05) is 16.3 Å². The Morgan fingerprint density at radius 1 is 1.17 bits per heavy atom. The van der Waals surface area contributed by atoms with Gasteiger partial charge in [0.2, 0.25) is 0 Å². The molecule has 0 atom stereocenters. The maximum Gasteiger partial charge on any atom is 0.174 e. The van der Waals surface area contributed by atoms with Crippen LogP contribution in [0, 0.1) is 5.82 Å². The molecule has 0 aliphatic heterocycles. The van der Waals surface area contributed by atoms with Crippen LogP contribution in [0.15, 0.2) is 36.4 Å². The van der Waals surface area contributed by atoms with Gasteiger partial charge in [-0.2, -0.15) is 0 Å². The second kappa shape index (κ2) is 5.46. The molecule has 0 saturated carbocycles. The van der Waals surface area contributed by atoms with Crippen LogP contribution in [0.4, 0.5) is 10.1 Å². The predicted octanol–water partition coefficient (Wildman–Crippen LogP) is 4.29. The summed E-state index contributed by atoms with van der Waals surface area (Å²) in [6.45, 7) is 0.129. The summed E-state index contributed by atoms with van der Waals surface area (Å²) in [5, 5.41) is 0.766. The monoisotopic (exact) mass is 285 g/mol. The van der Waals surface area contributed by atoms with Gasteiger partial charge < -0.3 is 10.5 Å². The predicted molar refractivity (Wildman–Crippen MR) is 71.6 cm³/mol. The van der Waals surface area contributed by atoms with Crippen molar-refractivity contribution < 1.29 is 9.13 Å². The van der Waals surface area contributed by atoms with Gasteiger partial charge in [-0.25, -0.2) is 4.39 Å². The number of ether oxygens (including phenoxy) is 1. The Labute approximate surface area is 114 Å². The van der Waals surface area contributed by atoms with Gasteiger partial charge in [0.15, 0.2) is 11.6 Å². The fourth-order valence-corrected chi connectivity index (χ4v) is 1.87. The summed E-state index contributed by atoms with van der Waals surface area (Å²) in [5.74, 6) is -0.483. The second-order valence-electron chi connectivity index (χ2n) is 3.68. The van der Waals surface area contributed by atoms with E-state index in [1.165, 1.54) is 12.1 Å². The van der Waals surface area contributed by atoms with E-state index in [9.17, 15) is 4.39 Å². The third kappa shape index (κ3) is 2.86. The summed E-state index contributed by atoms with van der Waals surface area (Å²) in [6, 6.07) is 9.40. The number of halogens is 3. The number of benzene rings is 2. The first-order valence-electron chi connectivity index (χ1n) is 5.18. The van der Waals surface area contributed by atoms with E-state index in [4.69, 9.17) is 33.7 Å². The molecule has 5 heteroatoms. The highest BCUT2D eigenvalue weighted by Crippen LogP contribution is 2.28. The molecule has 0 aliphatic rings. The molecule has 0 spiro atoms. The lowest BCUT2D eigenvalue weighted by atomic mass is 10.2. The van der Waals surface area contributed by atoms with E-state index >= 15 is 0 Å². The number of hydrogen-bond acceptors (Lipinski definition) is 2. The maximum absolute atomic E-state index is 13.5. The molecule has 0 aliphatic carbocycles. The van der Waals surface area contributed by atoms with Crippen molar-refractivity contribution >= 4 is 28.9 Å². The van der Waals surface area contributed by atoms with E-state index in [2.05, 4.69) is 0 Å². The highest BCUT2D eigenvalue weighted by molar-refractivity contribution is 6.32. The van der Waals surface area contributed by atoms with Crippen LogP contribution in [-0.4, -0.2) is 0 Å². The number of nitrogens with two attached hydrogens (primary N) is 1. The molecule has 2 nitrogen and oxygen atoms in total. The summed E-state index contributed by atoms with van der Waals surface area (Å²) in [6.07, 6.45) is 0. The maximum atomic E-state index is 13.5. The molecule has 2 aromatic rings. The summed E-state index contributed by atoms with van der Waals surface area (Å²) in [7, 11) is 0. The van der Waals surface area contributed by atoms with Gasteiger partial charge >= 0.3 is 0 Å². The van der Waals surface area contributed by atoms with Gasteiger partial charge in [-0.05, 0) is 24.3 Å². The van der Waals surface area contributed by atoms with Gasteiger partial charge in [-0.3, -0.25) is 0 Å². The molecule has 0 bridgehead atoms. The quantitative estimate of drug-likeness (QED) is 0.854. The van der Waals surface area contributed by atoms with Crippen LogP contribution in [0.3, 0.4) is 0 Å². The number of hydrogen-bond donors (Lipinski definition) is 1. The normalized spacial score (nSPS) is 10.4. The van der Waals surface area contributed by atoms with Crippen molar-refractivity contribution in [1.29, 1.82) is 0 Å². The molecule has 0 unspecified atom stereocenters. The van der Waals surface area contributed by atoms with Gasteiger partial charge in [0.05, 0.1) is 5.02 Å². The Morgan fingerprint density at radius 3 is 2.61 bits per heavy atom. The van der Waals surface area contributed by atoms with Gasteiger partial charge in [0.1, 0.15) is 6.61 Å². The van der Waals surface area contributed by atoms with Gasteiger partial charge in [0.25, 0.3) is 0 Å². The van der Waals surface area contributed by atoms with E-state index in [0.29, 0.717) is 10.7 Å². The van der Waals surface area contributed by atoms with E-state index in [0.717, 1.165) is 5.56 Å². The average Bonchev–Trinajstić information content (AvgIpc) is 2.31. The molecular formula is C13H10Cl2FNO. The number of para-hydroxylation sites is 1. The van der Waals surface area contributed by atoms with Crippen LogP contribution in [0.1, 0.15) is 5.56 Å². The average molecular weight is 286 g/mol. The fraction of sp³-hybridized carbons (Fsp3) is 0.0769. The minimum Gasteiger partial charge on any atom is -0.484 e. The van der Waals surface area contributed by atoms with E-state index in [1.54, 1.807) is 24.3 Å². The molecule has 0 amide bonds. The molecule has 0 saturated heterocycles. The van der Waals surface area contributed by atoms with Crippen molar-refractivity contribution in [3.05, 3.63) is 57.8 Å².